The number of ketones is 1. The van der Waals surface area contributed by atoms with Gasteiger partial charge >= 0.3 is 0 Å². The number of nitrogens with one attached hydrogen (secondary N) is 2. The van der Waals surface area contributed by atoms with Crippen LogP contribution in [0.1, 0.15) is 26.3 Å². The maximum absolute atomic E-state index is 13.4. The topological polar surface area (TPSA) is 103 Å². The third-order valence-electron chi connectivity index (χ3n) is 6.14. The fourth-order valence-corrected chi connectivity index (χ4v) is 4.77. The Morgan fingerprint density at radius 3 is 2.10 bits per heavy atom. The van der Waals surface area contributed by atoms with Gasteiger partial charge in [-0.15, -0.1) is 11.8 Å². The number of Topliss-reactive ketones (excluding diaryl/α,β-unsaturated/α-hetero) is 1. The van der Waals surface area contributed by atoms with Crippen molar-refractivity contribution in [2.75, 3.05) is 32.4 Å². The van der Waals surface area contributed by atoms with E-state index in [1.165, 1.54) is 33.1 Å². The molecule has 4 aromatic carbocycles. The Kier molecular flexibility index (Phi) is 10.4. The molecule has 214 valence electrons. The van der Waals surface area contributed by atoms with E-state index in [9.17, 15) is 14.4 Å². The number of ether oxygens (including phenoxy) is 3. The van der Waals surface area contributed by atoms with Gasteiger partial charge in [0.2, 0.25) is 0 Å². The highest BCUT2D eigenvalue weighted by Crippen LogP contribution is 2.29. The maximum atomic E-state index is 13.4. The molecule has 0 atom stereocenters. The Morgan fingerprint density at radius 1 is 0.738 bits per heavy atom. The molecule has 0 unspecified atom stereocenters. The van der Waals surface area contributed by atoms with Gasteiger partial charge in [-0.1, -0.05) is 36.4 Å². The molecule has 2 N–H and O–H groups in total. The minimum absolute atomic E-state index is 0.0388. The van der Waals surface area contributed by atoms with Crippen LogP contribution < -0.4 is 24.8 Å². The molecule has 0 radical (unpaired) electrons. The molecule has 0 heterocycles. The van der Waals surface area contributed by atoms with E-state index in [1.54, 1.807) is 84.9 Å². The van der Waals surface area contributed by atoms with Gasteiger partial charge in [0, 0.05) is 16.1 Å². The van der Waals surface area contributed by atoms with Gasteiger partial charge in [-0.25, -0.2) is 0 Å². The highest BCUT2D eigenvalue weighted by Gasteiger charge is 2.16. The highest BCUT2D eigenvalue weighted by molar-refractivity contribution is 8.00. The standard InChI is InChI=1S/C33H30N2O6S/c1-39-29-12-8-7-11-26(29)28(36)21-42-25-16-14-24(15-17-25)34-33(38)27(35-32(37)23-9-5-4-6-10-23)19-22-13-18-30(40-2)31(20-22)41-3/h4-20H,21H2,1-3H3,(H,34,38)(H,35,37)/b27-19-. The second kappa shape index (κ2) is 14.6. The number of rotatable bonds is 12. The van der Waals surface area contributed by atoms with E-state index in [0.29, 0.717) is 39.6 Å². The average Bonchev–Trinajstić information content (AvgIpc) is 3.04. The number of thioether (sulfide) groups is 1. The lowest BCUT2D eigenvalue weighted by molar-refractivity contribution is -0.113. The summed E-state index contributed by atoms with van der Waals surface area (Å²) in [5, 5.41) is 5.56. The molecule has 4 aromatic rings. The number of carbonyl (C=O) groups is 3. The zero-order valence-corrected chi connectivity index (χ0v) is 24.2. The van der Waals surface area contributed by atoms with E-state index in [0.717, 1.165) is 4.90 Å². The van der Waals surface area contributed by atoms with Crippen molar-refractivity contribution in [3.63, 3.8) is 0 Å². The van der Waals surface area contributed by atoms with Crippen LogP contribution in [0.4, 0.5) is 5.69 Å². The van der Waals surface area contributed by atoms with Crippen molar-refractivity contribution in [3.8, 4) is 17.2 Å². The number of benzene rings is 4. The van der Waals surface area contributed by atoms with Gasteiger partial charge in [0.25, 0.3) is 11.8 Å². The van der Waals surface area contributed by atoms with E-state index >= 15 is 0 Å². The van der Waals surface area contributed by atoms with Crippen LogP contribution in [0.25, 0.3) is 6.08 Å². The molecule has 2 amide bonds. The zero-order chi connectivity index (χ0) is 29.9. The fourth-order valence-electron chi connectivity index (χ4n) is 3.99. The second-order valence-electron chi connectivity index (χ2n) is 8.88. The molecule has 0 spiro atoms. The first-order chi connectivity index (χ1) is 20.4. The third kappa shape index (κ3) is 7.80. The van der Waals surface area contributed by atoms with Crippen molar-refractivity contribution in [2.24, 2.45) is 0 Å². The van der Waals surface area contributed by atoms with Crippen molar-refractivity contribution < 1.29 is 28.6 Å². The summed E-state index contributed by atoms with van der Waals surface area (Å²) in [5.74, 6) is 0.806. The van der Waals surface area contributed by atoms with Gasteiger partial charge in [0.05, 0.1) is 32.6 Å². The molecule has 42 heavy (non-hydrogen) atoms. The number of hydrogen-bond donors (Lipinski definition) is 2. The van der Waals surface area contributed by atoms with Crippen LogP contribution in [0.5, 0.6) is 17.2 Å². The molecule has 0 saturated carbocycles. The number of hydrogen-bond acceptors (Lipinski definition) is 7. The first-order valence-corrected chi connectivity index (χ1v) is 13.9. The number of carbonyl (C=O) groups excluding carboxylic acids is 3. The first kappa shape index (κ1) is 30.0. The van der Waals surface area contributed by atoms with Crippen LogP contribution in [-0.4, -0.2) is 44.7 Å². The lowest BCUT2D eigenvalue weighted by atomic mass is 10.1. The van der Waals surface area contributed by atoms with Gasteiger partial charge in [-0.2, -0.15) is 0 Å². The summed E-state index contributed by atoms with van der Waals surface area (Å²) in [4.78, 5) is 39.8. The number of methoxy groups -OCH3 is 3. The quantitative estimate of drug-likeness (QED) is 0.118. The van der Waals surface area contributed by atoms with Gasteiger partial charge in [0.1, 0.15) is 11.4 Å². The largest absolute Gasteiger partial charge is 0.496 e. The molecule has 9 heteroatoms. The lowest BCUT2D eigenvalue weighted by Crippen LogP contribution is -2.30. The molecule has 0 saturated heterocycles. The van der Waals surface area contributed by atoms with Crippen molar-refractivity contribution in [3.05, 3.63) is 119 Å². The number of amides is 2. The minimum Gasteiger partial charge on any atom is -0.496 e. The molecule has 0 aliphatic rings. The van der Waals surface area contributed by atoms with Gasteiger partial charge < -0.3 is 24.8 Å². The van der Waals surface area contributed by atoms with Gasteiger partial charge in [-0.05, 0) is 72.3 Å². The third-order valence-corrected chi connectivity index (χ3v) is 7.15. The van der Waals surface area contributed by atoms with Crippen LogP contribution in [0.3, 0.4) is 0 Å². The molecular weight excluding hydrogens is 552 g/mol. The smallest absolute Gasteiger partial charge is 0.272 e. The molecule has 0 fully saturated rings. The predicted octanol–water partition coefficient (Wildman–Crippen LogP) is 6.10. The molecule has 0 aliphatic heterocycles. The minimum atomic E-state index is -0.513. The van der Waals surface area contributed by atoms with E-state index in [2.05, 4.69) is 10.6 Å². The summed E-state index contributed by atoms with van der Waals surface area (Å²) in [7, 11) is 4.59. The molecule has 0 aromatic heterocycles. The summed E-state index contributed by atoms with van der Waals surface area (Å²) in [5.41, 5.74) is 2.12. The molecule has 4 rings (SSSR count). The summed E-state index contributed by atoms with van der Waals surface area (Å²) in [6.07, 6.45) is 1.56. The summed E-state index contributed by atoms with van der Waals surface area (Å²) < 4.78 is 16.0. The van der Waals surface area contributed by atoms with Crippen molar-refractivity contribution in [1.29, 1.82) is 0 Å². The highest BCUT2D eigenvalue weighted by atomic mass is 32.2. The molecular formula is C33H30N2O6S. The normalized spacial score (nSPS) is 10.9. The Labute approximate surface area is 248 Å². The molecule has 0 bridgehead atoms. The fraction of sp³-hybridized carbons (Fsp3) is 0.121. The number of anilines is 1. The van der Waals surface area contributed by atoms with Crippen molar-refractivity contribution in [2.45, 2.75) is 4.90 Å². The van der Waals surface area contributed by atoms with Crippen LogP contribution in [0.2, 0.25) is 0 Å². The van der Waals surface area contributed by atoms with Crippen molar-refractivity contribution >= 4 is 41.1 Å². The number of para-hydroxylation sites is 1. The lowest BCUT2D eigenvalue weighted by Gasteiger charge is -2.13. The van der Waals surface area contributed by atoms with E-state index in [1.807, 2.05) is 18.2 Å². The maximum Gasteiger partial charge on any atom is 0.272 e. The van der Waals surface area contributed by atoms with Crippen LogP contribution >= 0.6 is 11.8 Å². The molecule has 8 nitrogen and oxygen atoms in total. The first-order valence-electron chi connectivity index (χ1n) is 12.9. The SMILES string of the molecule is COc1ccc(/C=C(\NC(=O)c2ccccc2)C(=O)Nc2ccc(SCC(=O)c3ccccc3OC)cc2)cc1OC. The second-order valence-corrected chi connectivity index (χ2v) is 9.93. The van der Waals surface area contributed by atoms with E-state index < -0.39 is 11.8 Å². The monoisotopic (exact) mass is 582 g/mol. The van der Waals surface area contributed by atoms with Crippen molar-refractivity contribution in [1.82, 2.24) is 5.32 Å². The summed E-state index contributed by atoms with van der Waals surface area (Å²) >= 11 is 1.38. The van der Waals surface area contributed by atoms with E-state index in [-0.39, 0.29) is 17.2 Å². The Hall–Kier alpha value is -5.02. The summed E-state index contributed by atoms with van der Waals surface area (Å²) in [6.45, 7) is 0. The Morgan fingerprint density at radius 2 is 1.40 bits per heavy atom. The van der Waals surface area contributed by atoms with Crippen LogP contribution in [0.15, 0.2) is 108 Å². The van der Waals surface area contributed by atoms with Gasteiger partial charge in [-0.3, -0.25) is 14.4 Å². The van der Waals surface area contributed by atoms with Crippen LogP contribution in [-0.2, 0) is 4.79 Å². The Bertz CT molecular complexity index is 1590. The Balaban J connectivity index is 1.49. The predicted molar refractivity (Wildman–Crippen MR) is 165 cm³/mol. The van der Waals surface area contributed by atoms with Crippen LogP contribution in [0, 0.1) is 0 Å². The molecule has 0 aliphatic carbocycles. The summed E-state index contributed by atoms with van der Waals surface area (Å²) in [6, 6.07) is 28.0. The average molecular weight is 583 g/mol. The van der Waals surface area contributed by atoms with Gasteiger partial charge in [0.15, 0.2) is 17.3 Å². The zero-order valence-electron chi connectivity index (χ0n) is 23.4. The van der Waals surface area contributed by atoms with E-state index in [4.69, 9.17) is 14.2 Å².